The summed E-state index contributed by atoms with van der Waals surface area (Å²) in [5.74, 6) is -2.27. The minimum absolute atomic E-state index is 0.198. The van der Waals surface area contributed by atoms with Crippen LogP contribution in [-0.2, 0) is 14.4 Å². The molecule has 0 aliphatic carbocycles. The molecule has 0 bridgehead atoms. The monoisotopic (exact) mass is 337 g/mol. The third kappa shape index (κ3) is 3.76. The highest BCUT2D eigenvalue weighted by Crippen LogP contribution is 2.18. The molecule has 1 aromatic rings. The van der Waals surface area contributed by atoms with Crippen molar-refractivity contribution in [2.75, 3.05) is 13.1 Å². The molecule has 1 saturated heterocycles. The lowest BCUT2D eigenvalue weighted by Gasteiger charge is -2.17. The van der Waals surface area contributed by atoms with Gasteiger partial charge in [0.1, 0.15) is 6.54 Å². The van der Waals surface area contributed by atoms with Gasteiger partial charge in [-0.05, 0) is 24.8 Å². The Kier molecular flexibility index (Phi) is 5.49. The molecule has 7 nitrogen and oxygen atoms in total. The molecule has 0 radical (unpaired) electrons. The predicted octanol–water partition coefficient (Wildman–Crippen LogP) is 1.52. The molecule has 1 aromatic heterocycles. The fourth-order valence-corrected chi connectivity index (χ4v) is 2.98. The maximum Gasteiger partial charge on any atom is 0.334 e. The van der Waals surface area contributed by atoms with Gasteiger partial charge in [0.25, 0.3) is 0 Å². The van der Waals surface area contributed by atoms with E-state index in [1.807, 2.05) is 31.4 Å². The van der Waals surface area contributed by atoms with Gasteiger partial charge in [-0.15, -0.1) is 11.3 Å². The molecular formula is C15H19N3O4S. The topological polar surface area (TPSA) is 86.8 Å². The Morgan fingerprint density at radius 2 is 1.96 bits per heavy atom. The molecule has 0 saturated carbocycles. The number of imide groups is 2. The van der Waals surface area contributed by atoms with E-state index in [1.165, 1.54) is 11.3 Å². The average molecular weight is 337 g/mol. The molecule has 0 spiro atoms. The Labute approximate surface area is 138 Å². The maximum atomic E-state index is 12.1. The van der Waals surface area contributed by atoms with Crippen molar-refractivity contribution in [1.82, 2.24) is 15.1 Å². The number of amides is 5. The van der Waals surface area contributed by atoms with Gasteiger partial charge in [0, 0.05) is 11.4 Å². The molecular weight excluding hydrogens is 318 g/mol. The lowest BCUT2D eigenvalue weighted by Crippen LogP contribution is -2.42. The SMILES string of the molecule is CCCCN1C(=O)C(=O)N(CC(=O)N[C@@H](C)c2cccs2)C1=O. The Bertz CT molecular complexity index is 614. The maximum absolute atomic E-state index is 12.1. The minimum atomic E-state index is -0.940. The van der Waals surface area contributed by atoms with E-state index >= 15 is 0 Å². The molecule has 124 valence electrons. The highest BCUT2D eigenvalue weighted by Gasteiger charge is 2.44. The molecule has 2 rings (SSSR count). The summed E-state index contributed by atoms with van der Waals surface area (Å²) in [6.45, 7) is 3.49. The minimum Gasteiger partial charge on any atom is -0.347 e. The summed E-state index contributed by atoms with van der Waals surface area (Å²) in [4.78, 5) is 50.4. The second kappa shape index (κ2) is 7.36. The van der Waals surface area contributed by atoms with Gasteiger partial charge in [-0.25, -0.2) is 9.69 Å². The number of unbranched alkanes of at least 4 members (excludes halogenated alkanes) is 1. The van der Waals surface area contributed by atoms with Crippen LogP contribution in [-0.4, -0.2) is 46.6 Å². The first-order valence-corrected chi connectivity index (χ1v) is 8.33. The van der Waals surface area contributed by atoms with Crippen LogP contribution in [0.25, 0.3) is 0 Å². The van der Waals surface area contributed by atoms with Crippen LogP contribution in [0, 0.1) is 0 Å². The van der Waals surface area contributed by atoms with Gasteiger partial charge in [-0.3, -0.25) is 19.3 Å². The summed E-state index contributed by atoms with van der Waals surface area (Å²) in [5.41, 5.74) is 0. The Morgan fingerprint density at radius 3 is 2.57 bits per heavy atom. The van der Waals surface area contributed by atoms with Crippen molar-refractivity contribution in [2.45, 2.75) is 32.7 Å². The molecule has 1 N–H and O–H groups in total. The zero-order chi connectivity index (χ0) is 17.0. The molecule has 1 aliphatic rings. The van der Waals surface area contributed by atoms with Crippen molar-refractivity contribution in [3.8, 4) is 0 Å². The Morgan fingerprint density at radius 1 is 1.26 bits per heavy atom. The predicted molar refractivity (Wildman–Crippen MR) is 84.6 cm³/mol. The number of rotatable bonds is 7. The molecule has 23 heavy (non-hydrogen) atoms. The fraction of sp³-hybridized carbons (Fsp3) is 0.467. The van der Waals surface area contributed by atoms with Gasteiger partial charge in [-0.2, -0.15) is 0 Å². The number of hydrogen-bond acceptors (Lipinski definition) is 5. The fourth-order valence-electron chi connectivity index (χ4n) is 2.24. The van der Waals surface area contributed by atoms with E-state index in [4.69, 9.17) is 0 Å². The summed E-state index contributed by atoms with van der Waals surface area (Å²) in [7, 11) is 0. The number of thiophene rings is 1. The van der Waals surface area contributed by atoms with E-state index < -0.39 is 30.3 Å². The van der Waals surface area contributed by atoms with Crippen molar-refractivity contribution in [3.63, 3.8) is 0 Å². The second-order valence-corrected chi connectivity index (χ2v) is 6.27. The zero-order valence-corrected chi connectivity index (χ0v) is 13.9. The van der Waals surface area contributed by atoms with E-state index in [-0.39, 0.29) is 12.6 Å². The molecule has 1 aliphatic heterocycles. The van der Waals surface area contributed by atoms with Crippen LogP contribution in [0.15, 0.2) is 17.5 Å². The normalized spacial score (nSPS) is 16.2. The molecule has 0 unspecified atom stereocenters. The van der Waals surface area contributed by atoms with Crippen LogP contribution in [0.2, 0.25) is 0 Å². The van der Waals surface area contributed by atoms with Crippen LogP contribution in [0.3, 0.4) is 0 Å². The van der Waals surface area contributed by atoms with Crippen molar-refractivity contribution < 1.29 is 19.2 Å². The summed E-state index contributed by atoms with van der Waals surface area (Å²) < 4.78 is 0. The lowest BCUT2D eigenvalue weighted by atomic mass is 10.2. The van der Waals surface area contributed by atoms with Crippen LogP contribution < -0.4 is 5.32 Å². The number of urea groups is 1. The van der Waals surface area contributed by atoms with Crippen LogP contribution in [0.1, 0.15) is 37.6 Å². The van der Waals surface area contributed by atoms with E-state index in [1.54, 1.807) is 0 Å². The third-order valence-corrected chi connectivity index (χ3v) is 4.57. The van der Waals surface area contributed by atoms with Gasteiger partial charge < -0.3 is 5.32 Å². The van der Waals surface area contributed by atoms with E-state index in [0.717, 1.165) is 16.2 Å². The number of nitrogens with zero attached hydrogens (tertiary/aromatic N) is 2. The van der Waals surface area contributed by atoms with Gasteiger partial charge in [0.15, 0.2) is 0 Å². The Hall–Kier alpha value is -2.22. The van der Waals surface area contributed by atoms with Crippen LogP contribution >= 0.6 is 11.3 Å². The number of carbonyl (C=O) groups is 4. The highest BCUT2D eigenvalue weighted by atomic mass is 32.1. The molecule has 2 heterocycles. The largest absolute Gasteiger partial charge is 0.347 e. The number of carbonyl (C=O) groups excluding carboxylic acids is 4. The molecule has 0 aromatic carbocycles. The summed E-state index contributed by atoms with van der Waals surface area (Å²) >= 11 is 1.50. The van der Waals surface area contributed by atoms with Gasteiger partial charge in [-0.1, -0.05) is 19.4 Å². The van der Waals surface area contributed by atoms with Gasteiger partial charge in [0.05, 0.1) is 6.04 Å². The number of hydrogen-bond donors (Lipinski definition) is 1. The average Bonchev–Trinajstić information content (AvgIpc) is 3.11. The van der Waals surface area contributed by atoms with Gasteiger partial charge >= 0.3 is 17.8 Å². The van der Waals surface area contributed by atoms with Crippen molar-refractivity contribution in [2.24, 2.45) is 0 Å². The van der Waals surface area contributed by atoms with E-state index in [2.05, 4.69) is 5.32 Å². The van der Waals surface area contributed by atoms with E-state index in [0.29, 0.717) is 11.3 Å². The van der Waals surface area contributed by atoms with Crippen LogP contribution in [0.4, 0.5) is 4.79 Å². The van der Waals surface area contributed by atoms with Crippen molar-refractivity contribution in [3.05, 3.63) is 22.4 Å². The first kappa shape index (κ1) is 17.1. The molecule has 5 amide bonds. The molecule has 1 atom stereocenters. The van der Waals surface area contributed by atoms with Gasteiger partial charge in [0.2, 0.25) is 5.91 Å². The first-order valence-electron chi connectivity index (χ1n) is 7.45. The standard InChI is InChI=1S/C15H19N3O4S/c1-3-4-7-17-13(20)14(21)18(15(17)22)9-12(19)16-10(2)11-6-5-8-23-11/h5-6,8,10H,3-4,7,9H2,1-2H3,(H,16,19)/t10-/m0/s1. The quantitative estimate of drug-likeness (QED) is 0.604. The summed E-state index contributed by atoms with van der Waals surface area (Å²) in [5, 5.41) is 4.62. The number of nitrogens with one attached hydrogen (secondary N) is 1. The molecule has 1 fully saturated rings. The van der Waals surface area contributed by atoms with Crippen molar-refractivity contribution in [1.29, 1.82) is 0 Å². The Balaban J connectivity index is 1.96. The van der Waals surface area contributed by atoms with E-state index in [9.17, 15) is 19.2 Å². The van der Waals surface area contributed by atoms with Crippen LogP contribution in [0.5, 0.6) is 0 Å². The summed E-state index contributed by atoms with van der Waals surface area (Å²) in [6, 6.07) is 2.83. The third-order valence-electron chi connectivity index (χ3n) is 3.52. The zero-order valence-electron chi connectivity index (χ0n) is 13.1. The summed E-state index contributed by atoms with van der Waals surface area (Å²) in [6.07, 6.45) is 1.42. The lowest BCUT2D eigenvalue weighted by molar-refractivity contribution is -0.144. The highest BCUT2D eigenvalue weighted by molar-refractivity contribution is 7.10. The van der Waals surface area contributed by atoms with Crippen molar-refractivity contribution >= 4 is 35.1 Å². The smallest absolute Gasteiger partial charge is 0.334 e. The first-order chi connectivity index (χ1) is 11.0. The molecule has 8 heteroatoms. The second-order valence-electron chi connectivity index (χ2n) is 5.29.